The molecule has 0 heterocycles. The number of rotatable bonds is 9. The Morgan fingerprint density at radius 1 is 1.06 bits per heavy atom. The van der Waals surface area contributed by atoms with E-state index >= 15 is 0 Å². The summed E-state index contributed by atoms with van der Waals surface area (Å²) in [5.74, 6) is -2.66. The molecule has 0 aromatic rings. The molecule has 0 aromatic heterocycles. The fraction of sp³-hybridized carbons (Fsp3) is 0.769. The standard InChI is InChI=1S/C13H22O4/c1-4-6-7-8-9-11(15)12(10(3)14)13(16)17-5-2/h12H,4-9H2,1-3H3. The first-order valence-electron chi connectivity index (χ1n) is 6.24. The van der Waals surface area contributed by atoms with E-state index in [9.17, 15) is 14.4 Å². The maximum atomic E-state index is 11.7. The number of carbonyl (C=O) groups excluding carboxylic acids is 3. The number of ketones is 2. The quantitative estimate of drug-likeness (QED) is 0.353. The summed E-state index contributed by atoms with van der Waals surface area (Å²) < 4.78 is 4.73. The lowest BCUT2D eigenvalue weighted by Gasteiger charge is -2.11. The van der Waals surface area contributed by atoms with Gasteiger partial charge in [-0.1, -0.05) is 26.2 Å². The van der Waals surface area contributed by atoms with E-state index in [1.165, 1.54) is 6.92 Å². The molecule has 0 aliphatic heterocycles. The highest BCUT2D eigenvalue weighted by Gasteiger charge is 2.31. The number of ether oxygens (including phenoxy) is 1. The van der Waals surface area contributed by atoms with Crippen molar-refractivity contribution in [3.05, 3.63) is 0 Å². The average molecular weight is 242 g/mol. The minimum absolute atomic E-state index is 0.186. The molecule has 0 amide bonds. The number of hydrogen-bond acceptors (Lipinski definition) is 4. The Kier molecular flexibility index (Phi) is 8.28. The van der Waals surface area contributed by atoms with Crippen LogP contribution in [0.3, 0.4) is 0 Å². The van der Waals surface area contributed by atoms with Crippen LogP contribution in [0.2, 0.25) is 0 Å². The highest BCUT2D eigenvalue weighted by molar-refractivity contribution is 6.16. The number of hydrogen-bond donors (Lipinski definition) is 0. The lowest BCUT2D eigenvalue weighted by molar-refractivity contribution is -0.154. The van der Waals surface area contributed by atoms with Gasteiger partial charge >= 0.3 is 5.97 Å². The molecular weight excluding hydrogens is 220 g/mol. The van der Waals surface area contributed by atoms with Crippen molar-refractivity contribution in [2.24, 2.45) is 5.92 Å². The molecule has 0 fully saturated rings. The summed E-state index contributed by atoms with van der Waals surface area (Å²) in [6.45, 7) is 5.18. The van der Waals surface area contributed by atoms with Crippen LogP contribution < -0.4 is 0 Å². The molecule has 17 heavy (non-hydrogen) atoms. The Hall–Kier alpha value is -1.19. The summed E-state index contributed by atoms with van der Waals surface area (Å²) in [4.78, 5) is 34.5. The molecule has 4 nitrogen and oxygen atoms in total. The summed E-state index contributed by atoms with van der Waals surface area (Å²) in [5.41, 5.74) is 0. The summed E-state index contributed by atoms with van der Waals surface area (Å²) in [7, 11) is 0. The number of Topliss-reactive ketones (excluding diaryl/α,β-unsaturated/α-hetero) is 2. The average Bonchev–Trinajstić information content (AvgIpc) is 2.24. The lowest BCUT2D eigenvalue weighted by Crippen LogP contribution is -2.32. The smallest absolute Gasteiger partial charge is 0.324 e. The zero-order valence-corrected chi connectivity index (χ0v) is 11.0. The molecule has 1 unspecified atom stereocenters. The van der Waals surface area contributed by atoms with E-state index in [0.717, 1.165) is 25.7 Å². The molecule has 0 aromatic carbocycles. The highest BCUT2D eigenvalue weighted by Crippen LogP contribution is 2.11. The molecule has 0 rings (SSSR count). The van der Waals surface area contributed by atoms with Gasteiger partial charge in [0.25, 0.3) is 0 Å². The molecule has 0 N–H and O–H groups in total. The number of unbranched alkanes of at least 4 members (excludes halogenated alkanes) is 3. The van der Waals surface area contributed by atoms with Gasteiger partial charge in [-0.25, -0.2) is 0 Å². The predicted molar refractivity (Wildman–Crippen MR) is 64.6 cm³/mol. The number of esters is 1. The molecule has 0 aliphatic rings. The number of carbonyl (C=O) groups is 3. The third-order valence-corrected chi connectivity index (χ3v) is 2.53. The van der Waals surface area contributed by atoms with Gasteiger partial charge in [0.1, 0.15) is 0 Å². The van der Waals surface area contributed by atoms with Crippen LogP contribution in [0.5, 0.6) is 0 Å². The summed E-state index contributed by atoms with van der Waals surface area (Å²) in [6, 6.07) is 0. The Bertz CT molecular complexity index is 271. The van der Waals surface area contributed by atoms with Gasteiger partial charge in [-0.3, -0.25) is 14.4 Å². The topological polar surface area (TPSA) is 60.4 Å². The fourth-order valence-electron chi connectivity index (χ4n) is 1.62. The van der Waals surface area contributed by atoms with Crippen molar-refractivity contribution in [3.8, 4) is 0 Å². The third-order valence-electron chi connectivity index (χ3n) is 2.53. The molecule has 98 valence electrons. The first-order chi connectivity index (χ1) is 8.04. The Balaban J connectivity index is 4.25. The van der Waals surface area contributed by atoms with Crippen LogP contribution in [0.15, 0.2) is 0 Å². The van der Waals surface area contributed by atoms with Crippen LogP contribution in [0.1, 0.15) is 52.9 Å². The van der Waals surface area contributed by atoms with E-state index in [4.69, 9.17) is 4.74 Å². The van der Waals surface area contributed by atoms with Crippen molar-refractivity contribution in [3.63, 3.8) is 0 Å². The monoisotopic (exact) mass is 242 g/mol. The molecule has 0 spiro atoms. The SMILES string of the molecule is CCCCCCC(=O)C(C(C)=O)C(=O)OCC. The molecule has 0 saturated heterocycles. The molecule has 1 atom stereocenters. The molecule has 0 saturated carbocycles. The summed E-state index contributed by atoms with van der Waals surface area (Å²) in [5, 5.41) is 0. The molecular formula is C13H22O4. The molecule has 0 bridgehead atoms. The maximum absolute atomic E-state index is 11.7. The van der Waals surface area contributed by atoms with Crippen molar-refractivity contribution >= 4 is 17.5 Å². The molecule has 4 heteroatoms. The highest BCUT2D eigenvalue weighted by atomic mass is 16.5. The Labute approximate surface area is 103 Å². The van der Waals surface area contributed by atoms with Crippen LogP contribution >= 0.6 is 0 Å². The van der Waals surface area contributed by atoms with Gasteiger partial charge in [-0.15, -0.1) is 0 Å². The second-order valence-corrected chi connectivity index (χ2v) is 4.07. The van der Waals surface area contributed by atoms with Crippen molar-refractivity contribution in [2.75, 3.05) is 6.61 Å². The van der Waals surface area contributed by atoms with E-state index in [1.807, 2.05) is 0 Å². The van der Waals surface area contributed by atoms with E-state index in [2.05, 4.69) is 6.92 Å². The van der Waals surface area contributed by atoms with Crippen molar-refractivity contribution < 1.29 is 19.1 Å². The maximum Gasteiger partial charge on any atom is 0.324 e. The van der Waals surface area contributed by atoms with Gasteiger partial charge in [-0.05, 0) is 20.3 Å². The zero-order valence-electron chi connectivity index (χ0n) is 11.0. The van der Waals surface area contributed by atoms with E-state index in [-0.39, 0.29) is 18.8 Å². The first-order valence-corrected chi connectivity index (χ1v) is 6.24. The molecule has 0 radical (unpaired) electrons. The van der Waals surface area contributed by atoms with Crippen molar-refractivity contribution in [1.29, 1.82) is 0 Å². The second kappa shape index (κ2) is 8.90. The molecule has 0 aliphatic carbocycles. The van der Waals surface area contributed by atoms with Gasteiger partial charge in [0.15, 0.2) is 17.5 Å². The van der Waals surface area contributed by atoms with Crippen LogP contribution in [-0.2, 0) is 19.1 Å². The first kappa shape index (κ1) is 15.8. The van der Waals surface area contributed by atoms with Gasteiger partial charge in [0.05, 0.1) is 6.61 Å². The fourth-order valence-corrected chi connectivity index (χ4v) is 1.62. The Morgan fingerprint density at radius 2 is 1.71 bits per heavy atom. The van der Waals surface area contributed by atoms with Crippen LogP contribution in [-0.4, -0.2) is 24.1 Å². The Morgan fingerprint density at radius 3 is 2.18 bits per heavy atom. The zero-order chi connectivity index (χ0) is 13.3. The van der Waals surface area contributed by atoms with Crippen LogP contribution in [0, 0.1) is 5.92 Å². The van der Waals surface area contributed by atoms with Crippen LogP contribution in [0.25, 0.3) is 0 Å². The normalized spacial score (nSPS) is 11.9. The largest absolute Gasteiger partial charge is 0.465 e. The van der Waals surface area contributed by atoms with E-state index < -0.39 is 17.7 Å². The predicted octanol–water partition coefficient (Wildman–Crippen LogP) is 2.29. The van der Waals surface area contributed by atoms with Crippen molar-refractivity contribution in [2.45, 2.75) is 52.9 Å². The third kappa shape index (κ3) is 6.19. The van der Waals surface area contributed by atoms with E-state index in [1.54, 1.807) is 6.92 Å². The van der Waals surface area contributed by atoms with Gasteiger partial charge in [-0.2, -0.15) is 0 Å². The minimum atomic E-state index is -1.21. The van der Waals surface area contributed by atoms with Gasteiger partial charge < -0.3 is 4.74 Å². The summed E-state index contributed by atoms with van der Waals surface area (Å²) in [6.07, 6.45) is 4.12. The van der Waals surface area contributed by atoms with E-state index in [0.29, 0.717) is 0 Å². The summed E-state index contributed by atoms with van der Waals surface area (Å²) >= 11 is 0. The van der Waals surface area contributed by atoms with Gasteiger partial charge in [0, 0.05) is 6.42 Å². The minimum Gasteiger partial charge on any atom is -0.465 e. The second-order valence-electron chi connectivity index (χ2n) is 4.07. The van der Waals surface area contributed by atoms with Crippen LogP contribution in [0.4, 0.5) is 0 Å². The van der Waals surface area contributed by atoms with Gasteiger partial charge in [0.2, 0.25) is 0 Å². The van der Waals surface area contributed by atoms with Crippen molar-refractivity contribution in [1.82, 2.24) is 0 Å². The lowest BCUT2D eigenvalue weighted by atomic mass is 9.95.